The molecule has 0 heterocycles. The predicted octanol–water partition coefficient (Wildman–Crippen LogP) is 3.37. The van der Waals surface area contributed by atoms with Crippen molar-refractivity contribution in [1.29, 1.82) is 0 Å². The first-order valence-electron chi connectivity index (χ1n) is 5.01. The number of alkyl halides is 2. The van der Waals surface area contributed by atoms with Crippen molar-refractivity contribution in [2.45, 2.75) is 11.3 Å². The van der Waals surface area contributed by atoms with Crippen molar-refractivity contribution in [3.8, 4) is 0 Å². The fourth-order valence-corrected chi connectivity index (χ4v) is 3.76. The Morgan fingerprint density at radius 3 is 2.45 bits per heavy atom. The zero-order valence-corrected chi connectivity index (χ0v) is 13.8. The van der Waals surface area contributed by atoms with Crippen LogP contribution in [0.25, 0.3) is 0 Å². The van der Waals surface area contributed by atoms with Crippen LogP contribution in [0.15, 0.2) is 21.5 Å². The number of rotatable bonds is 4. The Bertz CT molecular complexity index is 640. The maximum absolute atomic E-state index is 12.2. The van der Waals surface area contributed by atoms with Gasteiger partial charge in [-0.3, -0.25) is 4.79 Å². The fraction of sp³-hybridized carbons (Fsp3) is 0.300. The van der Waals surface area contributed by atoms with Crippen LogP contribution in [0.4, 0.5) is 8.78 Å². The van der Waals surface area contributed by atoms with E-state index in [0.717, 1.165) is 11.0 Å². The molecular weight excluding hydrogens is 403 g/mol. The number of halogens is 5. The van der Waals surface area contributed by atoms with E-state index in [0.29, 0.717) is 0 Å². The first kappa shape index (κ1) is 17.6. The summed E-state index contributed by atoms with van der Waals surface area (Å²) in [6.45, 7) is -0.782. The van der Waals surface area contributed by atoms with Gasteiger partial charge in [-0.1, -0.05) is 11.6 Å². The van der Waals surface area contributed by atoms with Crippen LogP contribution in [0.2, 0.25) is 5.02 Å². The van der Waals surface area contributed by atoms with Crippen LogP contribution in [0.1, 0.15) is 10.4 Å². The fourth-order valence-electron chi connectivity index (χ4n) is 1.38. The number of carbonyl (C=O) groups is 1. The van der Waals surface area contributed by atoms with Crippen molar-refractivity contribution in [3.05, 3.63) is 27.2 Å². The van der Waals surface area contributed by atoms with Crippen LogP contribution in [0.3, 0.4) is 0 Å². The molecule has 0 aromatic heterocycles. The molecule has 0 unspecified atom stereocenters. The molecule has 0 aliphatic rings. The first-order chi connectivity index (χ1) is 9.04. The molecule has 0 bridgehead atoms. The highest BCUT2D eigenvalue weighted by Crippen LogP contribution is 2.33. The Morgan fingerprint density at radius 1 is 1.45 bits per heavy atom. The number of benzene rings is 1. The lowest BCUT2D eigenvalue weighted by Crippen LogP contribution is -2.31. The minimum Gasteiger partial charge on any atom is -0.336 e. The van der Waals surface area contributed by atoms with Crippen molar-refractivity contribution < 1.29 is 22.0 Å². The third-order valence-corrected chi connectivity index (χ3v) is 5.25. The summed E-state index contributed by atoms with van der Waals surface area (Å²) in [6.07, 6.45) is -2.70. The number of hydrogen-bond acceptors (Lipinski definition) is 3. The maximum Gasteiger partial charge on any atom is 0.262 e. The van der Waals surface area contributed by atoms with Gasteiger partial charge in [0.05, 0.1) is 20.9 Å². The molecular formula is C10H8BrCl2F2NO3S. The Morgan fingerprint density at radius 2 is 2.00 bits per heavy atom. The Labute approximate surface area is 132 Å². The Kier molecular flexibility index (Phi) is 5.77. The zero-order chi connectivity index (χ0) is 15.7. The molecule has 1 aromatic rings. The lowest BCUT2D eigenvalue weighted by atomic mass is 10.2. The standard InChI is InChI=1S/C10H8BrCl2F2NO3S/c1-16(4-8(14)15)10(17)5-2-6(12)9(11)7(3-5)20(13,18)19/h2-3,8H,4H2,1H3. The molecule has 10 heteroatoms. The summed E-state index contributed by atoms with van der Waals surface area (Å²) in [6, 6.07) is 2.14. The van der Waals surface area contributed by atoms with Gasteiger partial charge in [0.1, 0.15) is 0 Å². The molecule has 0 atom stereocenters. The quantitative estimate of drug-likeness (QED) is 0.715. The Balaban J connectivity index is 3.28. The molecule has 112 valence electrons. The minimum atomic E-state index is -4.14. The van der Waals surface area contributed by atoms with Gasteiger partial charge in [-0.2, -0.15) is 0 Å². The number of nitrogens with zero attached hydrogens (tertiary/aromatic N) is 1. The third kappa shape index (κ3) is 4.28. The molecule has 4 nitrogen and oxygen atoms in total. The van der Waals surface area contributed by atoms with Gasteiger partial charge in [-0.15, -0.1) is 0 Å². The SMILES string of the molecule is CN(CC(F)F)C(=O)c1cc(Cl)c(Br)c(S(=O)(=O)Cl)c1. The largest absolute Gasteiger partial charge is 0.336 e. The molecule has 0 radical (unpaired) electrons. The lowest BCUT2D eigenvalue weighted by Gasteiger charge is -2.17. The molecule has 0 saturated carbocycles. The van der Waals surface area contributed by atoms with Crippen LogP contribution in [-0.4, -0.2) is 39.2 Å². The summed E-state index contributed by atoms with van der Waals surface area (Å²) in [5.74, 6) is -0.790. The van der Waals surface area contributed by atoms with Crippen LogP contribution < -0.4 is 0 Å². The van der Waals surface area contributed by atoms with Crippen LogP contribution in [-0.2, 0) is 9.05 Å². The molecule has 1 rings (SSSR count). The van der Waals surface area contributed by atoms with Crippen LogP contribution >= 0.6 is 38.2 Å². The van der Waals surface area contributed by atoms with E-state index in [-0.39, 0.29) is 15.1 Å². The van der Waals surface area contributed by atoms with Gasteiger partial charge in [0.15, 0.2) is 0 Å². The predicted molar refractivity (Wildman–Crippen MR) is 75.2 cm³/mol. The maximum atomic E-state index is 12.2. The summed E-state index contributed by atoms with van der Waals surface area (Å²) < 4.78 is 47.2. The van der Waals surface area contributed by atoms with E-state index in [1.807, 2.05) is 0 Å². The zero-order valence-electron chi connectivity index (χ0n) is 9.91. The molecule has 20 heavy (non-hydrogen) atoms. The summed E-state index contributed by atoms with van der Waals surface area (Å²) in [4.78, 5) is 12.3. The number of hydrogen-bond donors (Lipinski definition) is 0. The molecule has 0 saturated heterocycles. The monoisotopic (exact) mass is 409 g/mol. The summed E-state index contributed by atoms with van der Waals surface area (Å²) in [5.41, 5.74) is -0.152. The molecule has 0 aliphatic carbocycles. The van der Waals surface area contributed by atoms with Gasteiger partial charge in [0.25, 0.3) is 21.4 Å². The molecule has 0 spiro atoms. The third-order valence-electron chi connectivity index (χ3n) is 2.26. The highest BCUT2D eigenvalue weighted by molar-refractivity contribution is 9.10. The van der Waals surface area contributed by atoms with E-state index >= 15 is 0 Å². The average Bonchev–Trinajstić information content (AvgIpc) is 2.29. The van der Waals surface area contributed by atoms with Crippen LogP contribution in [0.5, 0.6) is 0 Å². The Hall–Kier alpha value is -0.440. The van der Waals surface area contributed by atoms with Gasteiger partial charge in [0, 0.05) is 23.3 Å². The normalized spacial score (nSPS) is 11.8. The summed E-state index contributed by atoms with van der Waals surface area (Å²) in [7, 11) is 2.24. The van der Waals surface area contributed by atoms with Crippen molar-refractivity contribution in [3.63, 3.8) is 0 Å². The second-order valence-corrected chi connectivity index (χ2v) is 7.52. The highest BCUT2D eigenvalue weighted by atomic mass is 79.9. The first-order valence-corrected chi connectivity index (χ1v) is 8.49. The lowest BCUT2D eigenvalue weighted by molar-refractivity contribution is 0.0620. The highest BCUT2D eigenvalue weighted by Gasteiger charge is 2.23. The van der Waals surface area contributed by atoms with Crippen molar-refractivity contribution in [2.24, 2.45) is 0 Å². The van der Waals surface area contributed by atoms with Gasteiger partial charge >= 0.3 is 0 Å². The van der Waals surface area contributed by atoms with Crippen LogP contribution in [0, 0.1) is 0 Å². The van der Waals surface area contributed by atoms with E-state index in [1.165, 1.54) is 13.1 Å². The molecule has 1 aromatic carbocycles. The molecule has 1 amide bonds. The van der Waals surface area contributed by atoms with E-state index < -0.39 is 32.8 Å². The molecule has 0 fully saturated rings. The van der Waals surface area contributed by atoms with Gasteiger partial charge in [-0.05, 0) is 28.1 Å². The average molecular weight is 411 g/mol. The topological polar surface area (TPSA) is 54.5 Å². The van der Waals surface area contributed by atoms with Crippen molar-refractivity contribution in [1.82, 2.24) is 4.90 Å². The second-order valence-electron chi connectivity index (χ2n) is 3.78. The van der Waals surface area contributed by atoms with Crippen molar-refractivity contribution >= 4 is 53.2 Å². The van der Waals surface area contributed by atoms with Crippen molar-refractivity contribution in [2.75, 3.05) is 13.6 Å². The van der Waals surface area contributed by atoms with Gasteiger partial charge in [-0.25, -0.2) is 17.2 Å². The van der Waals surface area contributed by atoms with Gasteiger partial charge < -0.3 is 4.90 Å². The number of amides is 1. The van der Waals surface area contributed by atoms with Gasteiger partial charge in [0.2, 0.25) is 0 Å². The molecule has 0 aliphatic heterocycles. The summed E-state index contributed by atoms with van der Waals surface area (Å²) in [5, 5.41) is -0.0690. The molecule has 0 N–H and O–H groups in total. The summed E-state index contributed by atoms with van der Waals surface area (Å²) >= 11 is 8.73. The second kappa shape index (κ2) is 6.55. The van der Waals surface area contributed by atoms with E-state index in [1.54, 1.807) is 0 Å². The van der Waals surface area contributed by atoms with E-state index in [9.17, 15) is 22.0 Å². The minimum absolute atomic E-state index is 0.00206. The van der Waals surface area contributed by atoms with E-state index in [4.69, 9.17) is 22.3 Å². The van der Waals surface area contributed by atoms with E-state index in [2.05, 4.69) is 15.9 Å². The number of carbonyl (C=O) groups excluding carboxylic acids is 1. The smallest absolute Gasteiger partial charge is 0.262 e.